The molecule has 4 nitrogen and oxygen atoms in total. The minimum Gasteiger partial charge on any atom is -0.297 e. The van der Waals surface area contributed by atoms with Crippen molar-refractivity contribution in [3.05, 3.63) is 23.5 Å². The van der Waals surface area contributed by atoms with Gasteiger partial charge in [-0.05, 0) is 36.7 Å². The molecule has 1 unspecified atom stereocenters. The minimum absolute atomic E-state index is 0.345. The summed E-state index contributed by atoms with van der Waals surface area (Å²) in [4.78, 5) is 5.70. The molecule has 1 atom stereocenters. The molecule has 0 bridgehead atoms. The fourth-order valence-corrected chi connectivity index (χ4v) is 4.64. The lowest BCUT2D eigenvalue weighted by Gasteiger charge is -2.25. The van der Waals surface area contributed by atoms with Gasteiger partial charge in [0.15, 0.2) is 4.96 Å². The van der Waals surface area contributed by atoms with Crippen LogP contribution in [0.1, 0.15) is 25.0 Å². The van der Waals surface area contributed by atoms with Crippen LogP contribution in [0.25, 0.3) is 4.96 Å². The van der Waals surface area contributed by atoms with E-state index >= 15 is 0 Å². The number of nitrogens with two attached hydrogens (primary N) is 1. The molecule has 1 aliphatic heterocycles. The summed E-state index contributed by atoms with van der Waals surface area (Å²) in [5, 5.41) is 2.06. The number of rotatable bonds is 5. The summed E-state index contributed by atoms with van der Waals surface area (Å²) in [6.07, 6.45) is 8.94. The van der Waals surface area contributed by atoms with Gasteiger partial charge in [-0.2, -0.15) is 11.8 Å². The van der Waals surface area contributed by atoms with Gasteiger partial charge in [0.2, 0.25) is 0 Å². The van der Waals surface area contributed by atoms with Gasteiger partial charge in [-0.1, -0.05) is 0 Å². The van der Waals surface area contributed by atoms with Crippen molar-refractivity contribution >= 4 is 28.1 Å². The van der Waals surface area contributed by atoms with Crippen molar-refractivity contribution in [3.8, 4) is 0 Å². The molecule has 2 aromatic rings. The van der Waals surface area contributed by atoms with Crippen molar-refractivity contribution in [1.29, 1.82) is 0 Å². The Kier molecular flexibility index (Phi) is 4.42. The van der Waals surface area contributed by atoms with Crippen LogP contribution in [0.5, 0.6) is 0 Å². The number of hydrogen-bond donors (Lipinski definition) is 2. The number of fused-ring (bicyclic) bond motifs is 1. The van der Waals surface area contributed by atoms with Crippen LogP contribution in [-0.2, 0) is 6.42 Å². The maximum Gasteiger partial charge on any atom is 0.193 e. The van der Waals surface area contributed by atoms with Gasteiger partial charge in [-0.15, -0.1) is 11.3 Å². The van der Waals surface area contributed by atoms with E-state index in [0.717, 1.165) is 23.0 Å². The van der Waals surface area contributed by atoms with Crippen molar-refractivity contribution in [2.75, 3.05) is 11.5 Å². The second-order valence-electron chi connectivity index (χ2n) is 5.18. The number of nitrogens with one attached hydrogen (secondary N) is 1. The van der Waals surface area contributed by atoms with E-state index in [2.05, 4.69) is 44.3 Å². The topological polar surface area (TPSA) is 55.3 Å². The molecule has 0 aromatic carbocycles. The van der Waals surface area contributed by atoms with Crippen molar-refractivity contribution in [1.82, 2.24) is 14.8 Å². The van der Waals surface area contributed by atoms with Crippen LogP contribution in [0.3, 0.4) is 0 Å². The molecule has 1 aliphatic rings. The maximum absolute atomic E-state index is 5.72. The highest BCUT2D eigenvalue weighted by Crippen LogP contribution is 2.27. The first-order chi connectivity index (χ1) is 9.35. The summed E-state index contributed by atoms with van der Waals surface area (Å²) in [5.41, 5.74) is 4.12. The molecule has 3 rings (SSSR count). The Morgan fingerprint density at radius 2 is 2.32 bits per heavy atom. The molecule has 3 heterocycles. The quantitative estimate of drug-likeness (QED) is 0.657. The summed E-state index contributed by atoms with van der Waals surface area (Å²) >= 11 is 3.75. The lowest BCUT2D eigenvalue weighted by molar-refractivity contribution is 0.364. The Morgan fingerprint density at radius 3 is 3.05 bits per heavy atom. The highest BCUT2D eigenvalue weighted by Gasteiger charge is 2.19. The predicted molar refractivity (Wildman–Crippen MR) is 82.6 cm³/mol. The molecular formula is C13H20N4S2. The summed E-state index contributed by atoms with van der Waals surface area (Å²) in [7, 11) is 0. The van der Waals surface area contributed by atoms with Crippen LogP contribution in [0.4, 0.5) is 0 Å². The molecule has 0 aliphatic carbocycles. The molecular weight excluding hydrogens is 276 g/mol. The van der Waals surface area contributed by atoms with E-state index in [4.69, 9.17) is 5.84 Å². The first-order valence-corrected chi connectivity index (χ1v) is 8.83. The molecule has 0 amide bonds. The van der Waals surface area contributed by atoms with Gasteiger partial charge < -0.3 is 0 Å². The first-order valence-electron chi connectivity index (χ1n) is 6.80. The standard InChI is InChI=1S/C13H20N4S2/c14-16-11(7-10-1-4-18-5-2-10)8-12-9-17-3-6-19-13(17)15-12/h3,6,9-11,16H,1-2,4-5,7-8,14H2. The molecule has 3 N–H and O–H groups in total. The van der Waals surface area contributed by atoms with Gasteiger partial charge >= 0.3 is 0 Å². The normalized spacial score (nSPS) is 19.0. The van der Waals surface area contributed by atoms with Crippen LogP contribution in [-0.4, -0.2) is 26.9 Å². The highest BCUT2D eigenvalue weighted by atomic mass is 32.2. The number of aromatic nitrogens is 2. The van der Waals surface area contributed by atoms with Gasteiger partial charge in [-0.25, -0.2) is 4.98 Å². The number of thioether (sulfide) groups is 1. The van der Waals surface area contributed by atoms with E-state index in [9.17, 15) is 0 Å². The minimum atomic E-state index is 0.345. The number of nitrogens with zero attached hydrogens (tertiary/aromatic N) is 2. The van der Waals surface area contributed by atoms with Crippen LogP contribution in [0, 0.1) is 5.92 Å². The molecule has 0 saturated carbocycles. The Hall–Kier alpha value is -0.560. The zero-order valence-electron chi connectivity index (χ0n) is 10.9. The third-order valence-electron chi connectivity index (χ3n) is 3.79. The van der Waals surface area contributed by atoms with Crippen molar-refractivity contribution in [3.63, 3.8) is 0 Å². The monoisotopic (exact) mass is 296 g/mol. The fourth-order valence-electron chi connectivity index (χ4n) is 2.72. The second-order valence-corrected chi connectivity index (χ2v) is 7.28. The Balaban J connectivity index is 1.60. The van der Waals surface area contributed by atoms with E-state index < -0.39 is 0 Å². The molecule has 2 aromatic heterocycles. The average Bonchev–Trinajstić information content (AvgIpc) is 3.00. The molecule has 1 fully saturated rings. The van der Waals surface area contributed by atoms with Crippen LogP contribution < -0.4 is 11.3 Å². The third kappa shape index (κ3) is 3.31. The van der Waals surface area contributed by atoms with Gasteiger partial charge in [0.25, 0.3) is 0 Å². The Labute approximate surface area is 121 Å². The summed E-state index contributed by atoms with van der Waals surface area (Å²) in [6, 6.07) is 0.345. The highest BCUT2D eigenvalue weighted by molar-refractivity contribution is 7.99. The predicted octanol–water partition coefficient (Wildman–Crippen LogP) is 2.30. The van der Waals surface area contributed by atoms with Crippen molar-refractivity contribution in [2.24, 2.45) is 11.8 Å². The summed E-state index contributed by atoms with van der Waals surface area (Å²) in [5.74, 6) is 9.16. The van der Waals surface area contributed by atoms with E-state index in [1.165, 1.54) is 30.8 Å². The second kappa shape index (κ2) is 6.26. The van der Waals surface area contributed by atoms with Gasteiger partial charge in [0, 0.05) is 30.2 Å². The number of imidazole rings is 1. The largest absolute Gasteiger partial charge is 0.297 e. The molecule has 1 saturated heterocycles. The first kappa shape index (κ1) is 13.4. The molecule has 0 radical (unpaired) electrons. The third-order valence-corrected chi connectivity index (χ3v) is 5.61. The zero-order chi connectivity index (χ0) is 13.1. The van der Waals surface area contributed by atoms with Crippen LogP contribution in [0.2, 0.25) is 0 Å². The van der Waals surface area contributed by atoms with Crippen molar-refractivity contribution in [2.45, 2.75) is 31.7 Å². The van der Waals surface area contributed by atoms with E-state index in [-0.39, 0.29) is 0 Å². The Morgan fingerprint density at radius 1 is 1.47 bits per heavy atom. The lowest BCUT2D eigenvalue weighted by Crippen LogP contribution is -2.38. The van der Waals surface area contributed by atoms with Gasteiger partial charge in [0.05, 0.1) is 5.69 Å². The van der Waals surface area contributed by atoms with E-state index in [1.54, 1.807) is 11.3 Å². The lowest BCUT2D eigenvalue weighted by atomic mass is 9.92. The maximum atomic E-state index is 5.72. The average molecular weight is 296 g/mol. The van der Waals surface area contributed by atoms with E-state index in [1.807, 2.05) is 0 Å². The molecule has 0 spiro atoms. The van der Waals surface area contributed by atoms with Gasteiger partial charge in [-0.3, -0.25) is 15.7 Å². The van der Waals surface area contributed by atoms with Gasteiger partial charge in [0.1, 0.15) is 0 Å². The van der Waals surface area contributed by atoms with Crippen molar-refractivity contribution < 1.29 is 0 Å². The van der Waals surface area contributed by atoms with Crippen LogP contribution >= 0.6 is 23.1 Å². The fraction of sp³-hybridized carbons (Fsp3) is 0.615. The summed E-state index contributed by atoms with van der Waals surface area (Å²) < 4.78 is 2.09. The zero-order valence-corrected chi connectivity index (χ0v) is 12.6. The number of hydrogen-bond acceptors (Lipinski definition) is 5. The summed E-state index contributed by atoms with van der Waals surface area (Å²) in [6.45, 7) is 0. The van der Waals surface area contributed by atoms with Crippen LogP contribution in [0.15, 0.2) is 17.8 Å². The Bertz CT molecular complexity index is 487. The van der Waals surface area contributed by atoms with E-state index in [0.29, 0.717) is 6.04 Å². The number of hydrazine groups is 1. The smallest absolute Gasteiger partial charge is 0.193 e. The number of thiazole rings is 1. The molecule has 19 heavy (non-hydrogen) atoms. The SMILES string of the molecule is NNC(Cc1cn2ccsc2n1)CC1CCSCC1. The molecule has 104 valence electrons. The molecule has 6 heteroatoms.